The number of carbonyl (C=O) groups excluding carboxylic acids is 1. The first-order valence-corrected chi connectivity index (χ1v) is 7.56. The van der Waals surface area contributed by atoms with E-state index in [9.17, 15) is 4.79 Å². The molecule has 1 aliphatic rings. The Morgan fingerprint density at radius 2 is 2.09 bits per heavy atom. The quantitative estimate of drug-likeness (QED) is 0.871. The molecule has 1 aromatic carbocycles. The zero-order valence-electron chi connectivity index (χ0n) is 13.0. The normalized spacial score (nSPS) is 16.2. The lowest BCUT2D eigenvalue weighted by Gasteiger charge is -2.31. The molecule has 2 aromatic rings. The third-order valence-corrected chi connectivity index (χ3v) is 4.33. The van der Waals surface area contributed by atoms with Crippen molar-refractivity contribution < 1.29 is 18.7 Å². The minimum absolute atomic E-state index is 0.146. The van der Waals surface area contributed by atoms with Crippen LogP contribution >= 0.6 is 0 Å². The number of carbonyl (C=O) groups is 1. The van der Waals surface area contributed by atoms with Gasteiger partial charge < -0.3 is 18.8 Å². The largest absolute Gasteiger partial charge is 0.497 e. The molecule has 1 aromatic heterocycles. The molecule has 1 amide bonds. The molecule has 0 spiro atoms. The van der Waals surface area contributed by atoms with Crippen molar-refractivity contribution in [3.63, 3.8) is 0 Å². The molecule has 3 rings (SSSR count). The predicted octanol–water partition coefficient (Wildman–Crippen LogP) is 2.62. The Hall–Kier alpha value is -2.01. The van der Waals surface area contributed by atoms with Crippen LogP contribution in [-0.2, 0) is 16.0 Å². The molecule has 0 N–H and O–H groups in total. The van der Waals surface area contributed by atoms with Crippen LogP contribution in [0.15, 0.2) is 28.9 Å². The monoisotopic (exact) mass is 303 g/mol. The van der Waals surface area contributed by atoms with Crippen molar-refractivity contribution in [2.75, 3.05) is 27.3 Å². The number of furan rings is 1. The third-order valence-electron chi connectivity index (χ3n) is 4.33. The number of benzene rings is 1. The highest BCUT2D eigenvalue weighted by Crippen LogP contribution is 2.26. The standard InChI is InChI=1S/C17H21NO4/c1-20-13-5-7-18(8-6-13)17(19)9-12-11-22-16-10-14(21-2)3-4-15(12)16/h3-4,10-11,13H,5-9H2,1-2H3. The first kappa shape index (κ1) is 14.9. The van der Waals surface area contributed by atoms with Crippen molar-refractivity contribution in [1.82, 2.24) is 4.90 Å². The van der Waals surface area contributed by atoms with E-state index >= 15 is 0 Å². The van der Waals surface area contributed by atoms with Crippen LogP contribution in [-0.4, -0.2) is 44.2 Å². The van der Waals surface area contributed by atoms with Crippen LogP contribution in [0.2, 0.25) is 0 Å². The number of piperidine rings is 1. The van der Waals surface area contributed by atoms with E-state index in [0.717, 1.165) is 48.2 Å². The van der Waals surface area contributed by atoms with Crippen molar-refractivity contribution in [2.45, 2.75) is 25.4 Å². The Kier molecular flexibility index (Phi) is 4.34. The van der Waals surface area contributed by atoms with Crippen molar-refractivity contribution in [2.24, 2.45) is 0 Å². The summed E-state index contributed by atoms with van der Waals surface area (Å²) in [5.74, 6) is 0.898. The summed E-state index contributed by atoms with van der Waals surface area (Å²) in [5.41, 5.74) is 1.68. The van der Waals surface area contributed by atoms with Crippen LogP contribution < -0.4 is 4.74 Å². The second kappa shape index (κ2) is 6.40. The Morgan fingerprint density at radius 1 is 1.32 bits per heavy atom. The van der Waals surface area contributed by atoms with E-state index in [1.165, 1.54) is 0 Å². The molecule has 0 radical (unpaired) electrons. The van der Waals surface area contributed by atoms with Crippen LogP contribution in [0, 0.1) is 0 Å². The Morgan fingerprint density at radius 3 is 2.77 bits per heavy atom. The molecule has 0 bridgehead atoms. The van der Waals surface area contributed by atoms with E-state index in [-0.39, 0.29) is 12.0 Å². The Bertz CT molecular complexity index is 656. The maximum atomic E-state index is 12.4. The molecule has 0 saturated carbocycles. The van der Waals surface area contributed by atoms with Gasteiger partial charge in [0.1, 0.15) is 11.3 Å². The average molecular weight is 303 g/mol. The summed E-state index contributed by atoms with van der Waals surface area (Å²) in [4.78, 5) is 14.4. The van der Waals surface area contributed by atoms with Crippen LogP contribution in [0.4, 0.5) is 0 Å². The first-order chi connectivity index (χ1) is 10.7. The summed E-state index contributed by atoms with van der Waals surface area (Å²) in [5, 5.41) is 0.973. The highest BCUT2D eigenvalue weighted by molar-refractivity contribution is 5.88. The van der Waals surface area contributed by atoms with E-state index < -0.39 is 0 Å². The molecule has 1 aliphatic heterocycles. The van der Waals surface area contributed by atoms with Gasteiger partial charge in [0.25, 0.3) is 0 Å². The lowest BCUT2D eigenvalue weighted by atomic mass is 10.1. The van der Waals surface area contributed by atoms with Crippen molar-refractivity contribution in [3.05, 3.63) is 30.0 Å². The van der Waals surface area contributed by atoms with Gasteiger partial charge in [-0.15, -0.1) is 0 Å². The first-order valence-electron chi connectivity index (χ1n) is 7.56. The van der Waals surface area contributed by atoms with Gasteiger partial charge >= 0.3 is 0 Å². The van der Waals surface area contributed by atoms with Gasteiger partial charge in [-0.05, 0) is 25.0 Å². The zero-order valence-corrected chi connectivity index (χ0v) is 13.0. The van der Waals surface area contributed by atoms with Gasteiger partial charge in [-0.1, -0.05) is 0 Å². The number of nitrogens with zero attached hydrogens (tertiary/aromatic N) is 1. The number of fused-ring (bicyclic) bond motifs is 1. The number of amides is 1. The average Bonchev–Trinajstić information content (AvgIpc) is 2.97. The van der Waals surface area contributed by atoms with Gasteiger partial charge in [0.2, 0.25) is 5.91 Å². The van der Waals surface area contributed by atoms with E-state index in [4.69, 9.17) is 13.9 Å². The molecule has 0 unspecified atom stereocenters. The molecular weight excluding hydrogens is 282 g/mol. The number of hydrogen-bond donors (Lipinski definition) is 0. The molecule has 118 valence electrons. The SMILES string of the molecule is COc1ccc2c(CC(=O)N3CCC(OC)CC3)coc2c1. The lowest BCUT2D eigenvalue weighted by molar-refractivity contribution is -0.132. The molecule has 2 heterocycles. The van der Waals surface area contributed by atoms with Gasteiger partial charge in [0, 0.05) is 37.2 Å². The lowest BCUT2D eigenvalue weighted by Crippen LogP contribution is -2.41. The molecular formula is C17H21NO4. The summed E-state index contributed by atoms with van der Waals surface area (Å²) in [6.45, 7) is 1.53. The Labute approximate surface area is 129 Å². The molecule has 0 aliphatic carbocycles. The second-order valence-electron chi connectivity index (χ2n) is 5.62. The van der Waals surface area contributed by atoms with Crippen LogP contribution in [0.5, 0.6) is 5.75 Å². The fourth-order valence-corrected chi connectivity index (χ4v) is 2.94. The van der Waals surface area contributed by atoms with E-state index in [1.54, 1.807) is 20.5 Å². The van der Waals surface area contributed by atoms with Gasteiger partial charge in [-0.25, -0.2) is 0 Å². The summed E-state index contributed by atoms with van der Waals surface area (Å²) in [6, 6.07) is 5.67. The smallest absolute Gasteiger partial charge is 0.227 e. The second-order valence-corrected chi connectivity index (χ2v) is 5.62. The Balaban J connectivity index is 1.69. The summed E-state index contributed by atoms with van der Waals surface area (Å²) in [6.07, 6.45) is 4.14. The van der Waals surface area contributed by atoms with Crippen LogP contribution in [0.1, 0.15) is 18.4 Å². The molecule has 5 nitrogen and oxygen atoms in total. The zero-order chi connectivity index (χ0) is 15.5. The van der Waals surface area contributed by atoms with Gasteiger partial charge in [0.15, 0.2) is 0 Å². The molecule has 0 atom stereocenters. The van der Waals surface area contributed by atoms with E-state index in [1.807, 2.05) is 23.1 Å². The number of likely N-dealkylation sites (tertiary alicyclic amines) is 1. The fourth-order valence-electron chi connectivity index (χ4n) is 2.94. The molecule has 1 fully saturated rings. The van der Waals surface area contributed by atoms with Crippen LogP contribution in [0.3, 0.4) is 0 Å². The van der Waals surface area contributed by atoms with Crippen LogP contribution in [0.25, 0.3) is 11.0 Å². The fraction of sp³-hybridized carbons (Fsp3) is 0.471. The van der Waals surface area contributed by atoms with E-state index in [0.29, 0.717) is 6.42 Å². The molecule has 5 heteroatoms. The maximum Gasteiger partial charge on any atom is 0.227 e. The number of hydrogen-bond acceptors (Lipinski definition) is 4. The third kappa shape index (κ3) is 2.95. The summed E-state index contributed by atoms with van der Waals surface area (Å²) in [7, 11) is 3.35. The number of methoxy groups -OCH3 is 2. The van der Waals surface area contributed by atoms with Crippen molar-refractivity contribution in [1.29, 1.82) is 0 Å². The highest BCUT2D eigenvalue weighted by Gasteiger charge is 2.23. The van der Waals surface area contributed by atoms with E-state index in [2.05, 4.69) is 0 Å². The summed E-state index contributed by atoms with van der Waals surface area (Å²) >= 11 is 0. The van der Waals surface area contributed by atoms with Gasteiger partial charge in [0.05, 0.1) is 25.9 Å². The van der Waals surface area contributed by atoms with Gasteiger partial charge in [-0.3, -0.25) is 4.79 Å². The topological polar surface area (TPSA) is 51.9 Å². The minimum Gasteiger partial charge on any atom is -0.497 e. The molecule has 22 heavy (non-hydrogen) atoms. The predicted molar refractivity (Wildman–Crippen MR) is 83.1 cm³/mol. The summed E-state index contributed by atoms with van der Waals surface area (Å²) < 4.78 is 16.1. The molecule has 1 saturated heterocycles. The number of rotatable bonds is 4. The highest BCUT2D eigenvalue weighted by atomic mass is 16.5. The van der Waals surface area contributed by atoms with Gasteiger partial charge in [-0.2, -0.15) is 0 Å². The van der Waals surface area contributed by atoms with Crippen molar-refractivity contribution >= 4 is 16.9 Å². The number of ether oxygens (including phenoxy) is 2. The minimum atomic E-state index is 0.146. The maximum absolute atomic E-state index is 12.4. The van der Waals surface area contributed by atoms with Crippen molar-refractivity contribution in [3.8, 4) is 5.75 Å².